The van der Waals surface area contributed by atoms with E-state index in [1.165, 1.54) is 31.0 Å². The van der Waals surface area contributed by atoms with Gasteiger partial charge in [-0.25, -0.2) is 0 Å². The largest absolute Gasteiger partial charge is 0.353 e. The standard InChI is InChI=1S/C19H28N4OS2/c1-13(2)6-4-7-14(3)20-17(24)12-26-19-22-21-18(16-8-5-11-25-16)23(19)15-9-10-15/h5,8,11,13-15H,4,6-7,9-10,12H2,1-3H3,(H,20,24)/t14-/m1/s1. The first-order valence-electron chi connectivity index (χ1n) is 9.45. The number of hydrogen-bond acceptors (Lipinski definition) is 5. The minimum atomic E-state index is 0.0788. The van der Waals surface area contributed by atoms with Crippen LogP contribution in [0.15, 0.2) is 22.7 Å². The highest BCUT2D eigenvalue weighted by Gasteiger charge is 2.30. The van der Waals surface area contributed by atoms with Crippen LogP contribution in [0.3, 0.4) is 0 Å². The Morgan fingerprint density at radius 1 is 1.35 bits per heavy atom. The monoisotopic (exact) mass is 392 g/mol. The number of aromatic nitrogens is 3. The van der Waals surface area contributed by atoms with Crippen LogP contribution in [0.5, 0.6) is 0 Å². The summed E-state index contributed by atoms with van der Waals surface area (Å²) in [6.07, 6.45) is 5.75. The second kappa shape index (κ2) is 9.04. The lowest BCUT2D eigenvalue weighted by Crippen LogP contribution is -2.33. The van der Waals surface area contributed by atoms with Crippen molar-refractivity contribution in [2.75, 3.05) is 5.75 Å². The molecular weight excluding hydrogens is 364 g/mol. The Balaban J connectivity index is 1.52. The summed E-state index contributed by atoms with van der Waals surface area (Å²) in [4.78, 5) is 13.4. The summed E-state index contributed by atoms with van der Waals surface area (Å²) in [5.41, 5.74) is 0. The van der Waals surface area contributed by atoms with Gasteiger partial charge in [-0.15, -0.1) is 21.5 Å². The fourth-order valence-electron chi connectivity index (χ4n) is 2.96. The quantitative estimate of drug-likeness (QED) is 0.592. The topological polar surface area (TPSA) is 59.8 Å². The minimum absolute atomic E-state index is 0.0788. The van der Waals surface area contributed by atoms with Crippen molar-refractivity contribution in [2.24, 2.45) is 5.92 Å². The molecule has 2 heterocycles. The van der Waals surface area contributed by atoms with Crippen LogP contribution in [0.1, 0.15) is 58.9 Å². The van der Waals surface area contributed by atoms with Gasteiger partial charge in [-0.1, -0.05) is 44.5 Å². The van der Waals surface area contributed by atoms with Crippen LogP contribution in [0.2, 0.25) is 0 Å². The third-order valence-electron chi connectivity index (χ3n) is 4.48. The summed E-state index contributed by atoms with van der Waals surface area (Å²) in [5.74, 6) is 2.13. The van der Waals surface area contributed by atoms with Crippen LogP contribution < -0.4 is 5.32 Å². The Kier molecular flexibility index (Phi) is 6.75. The zero-order valence-corrected chi connectivity index (χ0v) is 17.4. The van der Waals surface area contributed by atoms with E-state index >= 15 is 0 Å². The normalized spacial score (nSPS) is 15.4. The van der Waals surface area contributed by atoms with Gasteiger partial charge >= 0.3 is 0 Å². The average Bonchev–Trinajstić information content (AvgIpc) is 3.11. The van der Waals surface area contributed by atoms with Gasteiger partial charge in [0.2, 0.25) is 5.91 Å². The summed E-state index contributed by atoms with van der Waals surface area (Å²) in [6, 6.07) is 4.83. The predicted molar refractivity (Wildman–Crippen MR) is 109 cm³/mol. The van der Waals surface area contributed by atoms with E-state index in [1.54, 1.807) is 11.3 Å². The molecule has 26 heavy (non-hydrogen) atoms. The van der Waals surface area contributed by atoms with Gasteiger partial charge in [0.05, 0.1) is 10.6 Å². The molecule has 7 heteroatoms. The lowest BCUT2D eigenvalue weighted by molar-refractivity contribution is -0.119. The van der Waals surface area contributed by atoms with Gasteiger partial charge in [-0.3, -0.25) is 9.36 Å². The first-order chi connectivity index (χ1) is 12.5. The Hall–Kier alpha value is -1.34. The van der Waals surface area contributed by atoms with Gasteiger partial charge in [0.25, 0.3) is 0 Å². The van der Waals surface area contributed by atoms with E-state index < -0.39 is 0 Å². The second-order valence-electron chi connectivity index (χ2n) is 7.47. The van der Waals surface area contributed by atoms with Crippen LogP contribution in [-0.2, 0) is 4.79 Å². The smallest absolute Gasteiger partial charge is 0.230 e. The molecule has 0 bridgehead atoms. The molecule has 0 aliphatic heterocycles. The van der Waals surface area contributed by atoms with Gasteiger partial charge in [0.15, 0.2) is 11.0 Å². The van der Waals surface area contributed by atoms with Crippen molar-refractivity contribution < 1.29 is 4.79 Å². The van der Waals surface area contributed by atoms with E-state index in [9.17, 15) is 4.79 Å². The molecular formula is C19H28N4OS2. The Labute approximate surface area is 164 Å². The first-order valence-corrected chi connectivity index (χ1v) is 11.3. The number of amides is 1. The average molecular weight is 393 g/mol. The molecule has 2 aromatic rings. The highest BCUT2D eigenvalue weighted by Crippen LogP contribution is 2.41. The second-order valence-corrected chi connectivity index (χ2v) is 9.36. The van der Waals surface area contributed by atoms with Crippen LogP contribution in [0.25, 0.3) is 10.7 Å². The number of thiophene rings is 1. The van der Waals surface area contributed by atoms with E-state index in [0.717, 1.165) is 34.6 Å². The maximum atomic E-state index is 12.3. The summed E-state index contributed by atoms with van der Waals surface area (Å²) >= 11 is 3.17. The lowest BCUT2D eigenvalue weighted by Gasteiger charge is -2.14. The molecule has 1 aliphatic carbocycles. The highest BCUT2D eigenvalue weighted by atomic mass is 32.2. The maximum absolute atomic E-state index is 12.3. The number of hydrogen-bond donors (Lipinski definition) is 1. The maximum Gasteiger partial charge on any atom is 0.230 e. The van der Waals surface area contributed by atoms with Crippen molar-refractivity contribution in [3.8, 4) is 10.7 Å². The molecule has 142 valence electrons. The number of nitrogens with one attached hydrogen (secondary N) is 1. The molecule has 1 saturated carbocycles. The molecule has 0 saturated heterocycles. The molecule has 0 spiro atoms. The molecule has 3 rings (SSSR count). The summed E-state index contributed by atoms with van der Waals surface area (Å²) in [5, 5.41) is 14.8. The zero-order valence-electron chi connectivity index (χ0n) is 15.8. The molecule has 2 aromatic heterocycles. The van der Waals surface area contributed by atoms with Crippen LogP contribution >= 0.6 is 23.1 Å². The summed E-state index contributed by atoms with van der Waals surface area (Å²) < 4.78 is 2.22. The fourth-order valence-corrected chi connectivity index (χ4v) is 4.48. The summed E-state index contributed by atoms with van der Waals surface area (Å²) in [7, 11) is 0. The van der Waals surface area contributed by atoms with Gasteiger partial charge in [-0.2, -0.15) is 0 Å². The van der Waals surface area contributed by atoms with E-state index in [2.05, 4.69) is 52.3 Å². The van der Waals surface area contributed by atoms with E-state index in [0.29, 0.717) is 11.8 Å². The Morgan fingerprint density at radius 2 is 2.15 bits per heavy atom. The lowest BCUT2D eigenvalue weighted by atomic mass is 10.0. The van der Waals surface area contributed by atoms with Crippen molar-refractivity contribution in [2.45, 2.75) is 70.1 Å². The van der Waals surface area contributed by atoms with Crippen molar-refractivity contribution >= 4 is 29.0 Å². The highest BCUT2D eigenvalue weighted by molar-refractivity contribution is 7.99. The molecule has 0 unspecified atom stereocenters. The molecule has 1 fully saturated rings. The Bertz CT molecular complexity index is 707. The predicted octanol–water partition coefficient (Wildman–Crippen LogP) is 4.76. The summed E-state index contributed by atoms with van der Waals surface area (Å²) in [6.45, 7) is 6.56. The SMILES string of the molecule is CC(C)CCC[C@@H](C)NC(=O)CSc1nnc(-c2cccs2)n1C1CC1. The molecule has 0 radical (unpaired) electrons. The van der Waals surface area contributed by atoms with Crippen LogP contribution in [-0.4, -0.2) is 32.5 Å². The Morgan fingerprint density at radius 3 is 2.81 bits per heavy atom. The molecule has 0 aromatic carbocycles. The first kappa shape index (κ1) is 19.4. The van der Waals surface area contributed by atoms with Crippen LogP contribution in [0, 0.1) is 5.92 Å². The molecule has 1 atom stereocenters. The molecule has 1 amide bonds. The van der Waals surface area contributed by atoms with Gasteiger partial charge in [-0.05, 0) is 43.6 Å². The van der Waals surface area contributed by atoms with Crippen molar-refractivity contribution in [1.29, 1.82) is 0 Å². The third kappa shape index (κ3) is 5.33. The zero-order chi connectivity index (χ0) is 18.5. The van der Waals surface area contributed by atoms with Crippen molar-refractivity contribution in [1.82, 2.24) is 20.1 Å². The molecule has 5 nitrogen and oxygen atoms in total. The van der Waals surface area contributed by atoms with E-state index in [-0.39, 0.29) is 11.9 Å². The van der Waals surface area contributed by atoms with Gasteiger partial charge in [0, 0.05) is 12.1 Å². The van der Waals surface area contributed by atoms with E-state index in [4.69, 9.17) is 0 Å². The van der Waals surface area contributed by atoms with Gasteiger partial charge < -0.3 is 5.32 Å². The van der Waals surface area contributed by atoms with Crippen LogP contribution in [0.4, 0.5) is 0 Å². The van der Waals surface area contributed by atoms with Crippen molar-refractivity contribution in [3.05, 3.63) is 17.5 Å². The van der Waals surface area contributed by atoms with Gasteiger partial charge in [0.1, 0.15) is 0 Å². The minimum Gasteiger partial charge on any atom is -0.353 e. The fraction of sp³-hybridized carbons (Fsp3) is 0.632. The number of rotatable bonds is 10. The van der Waals surface area contributed by atoms with Crippen molar-refractivity contribution in [3.63, 3.8) is 0 Å². The third-order valence-corrected chi connectivity index (χ3v) is 6.29. The van der Waals surface area contributed by atoms with E-state index in [1.807, 2.05) is 6.07 Å². The number of carbonyl (C=O) groups excluding carboxylic acids is 1. The number of carbonyl (C=O) groups is 1. The number of thioether (sulfide) groups is 1. The number of nitrogens with zero attached hydrogens (tertiary/aromatic N) is 3. The molecule has 1 N–H and O–H groups in total. The molecule has 1 aliphatic rings.